The summed E-state index contributed by atoms with van der Waals surface area (Å²) in [5.74, 6) is -1.44. The maximum Gasteiger partial charge on any atom is 0.291 e. The number of hydrogen-bond donors (Lipinski definition) is 2. The number of carbonyl (C=O) groups is 1. The maximum atomic E-state index is 14.3. The number of aromatic amines is 1. The average molecular weight is 395 g/mol. The Balaban J connectivity index is 1.63. The van der Waals surface area contributed by atoms with Crippen molar-refractivity contribution in [3.05, 3.63) is 77.4 Å². The summed E-state index contributed by atoms with van der Waals surface area (Å²) in [5, 5.41) is 9.95. The molecule has 0 atom stereocenters. The third-order valence-electron chi connectivity index (χ3n) is 4.28. The molecular formula is C21H15F2N3O3. The van der Waals surface area contributed by atoms with Crippen LogP contribution in [0.2, 0.25) is 0 Å². The van der Waals surface area contributed by atoms with Crippen molar-refractivity contribution in [2.24, 2.45) is 0 Å². The van der Waals surface area contributed by atoms with Crippen molar-refractivity contribution in [3.63, 3.8) is 0 Å². The second-order valence-electron chi connectivity index (χ2n) is 6.15. The number of rotatable bonds is 5. The van der Waals surface area contributed by atoms with Gasteiger partial charge in [0.2, 0.25) is 0 Å². The van der Waals surface area contributed by atoms with Gasteiger partial charge in [0.05, 0.1) is 30.3 Å². The van der Waals surface area contributed by atoms with Crippen LogP contribution in [0.3, 0.4) is 0 Å². The summed E-state index contributed by atoms with van der Waals surface area (Å²) < 4.78 is 38.1. The van der Waals surface area contributed by atoms with Crippen LogP contribution in [0.15, 0.2) is 53.1 Å². The van der Waals surface area contributed by atoms with Crippen molar-refractivity contribution in [2.75, 3.05) is 12.4 Å². The van der Waals surface area contributed by atoms with Gasteiger partial charge in [-0.25, -0.2) is 8.78 Å². The third-order valence-corrected chi connectivity index (χ3v) is 4.28. The van der Waals surface area contributed by atoms with Crippen LogP contribution in [-0.2, 0) is 0 Å². The van der Waals surface area contributed by atoms with Gasteiger partial charge in [0.15, 0.2) is 17.3 Å². The van der Waals surface area contributed by atoms with E-state index < -0.39 is 17.5 Å². The molecule has 8 heteroatoms. The molecule has 0 fully saturated rings. The molecule has 0 aliphatic heterocycles. The summed E-state index contributed by atoms with van der Waals surface area (Å²) in [7, 11) is 1.39. The first-order valence-corrected chi connectivity index (χ1v) is 8.59. The molecule has 2 aromatic heterocycles. The monoisotopic (exact) mass is 395 g/mol. The Labute approximate surface area is 163 Å². The van der Waals surface area contributed by atoms with Crippen LogP contribution in [0.25, 0.3) is 23.1 Å². The molecule has 2 aromatic carbocycles. The summed E-state index contributed by atoms with van der Waals surface area (Å²) in [6.45, 7) is 0. The number of hydrogen-bond acceptors (Lipinski definition) is 4. The van der Waals surface area contributed by atoms with Gasteiger partial charge < -0.3 is 14.5 Å². The van der Waals surface area contributed by atoms with Crippen molar-refractivity contribution in [3.8, 4) is 5.75 Å². The summed E-state index contributed by atoms with van der Waals surface area (Å²) in [4.78, 5) is 12.1. The first-order valence-electron chi connectivity index (χ1n) is 8.59. The number of aromatic nitrogens is 2. The van der Waals surface area contributed by atoms with E-state index in [1.807, 2.05) is 0 Å². The van der Waals surface area contributed by atoms with Gasteiger partial charge in [0.25, 0.3) is 5.91 Å². The number of furan rings is 1. The maximum absolute atomic E-state index is 14.3. The van der Waals surface area contributed by atoms with Crippen molar-refractivity contribution in [1.82, 2.24) is 10.2 Å². The van der Waals surface area contributed by atoms with E-state index in [1.54, 1.807) is 24.3 Å². The molecule has 0 saturated heterocycles. The van der Waals surface area contributed by atoms with Crippen molar-refractivity contribution in [2.45, 2.75) is 0 Å². The lowest BCUT2D eigenvalue weighted by atomic mass is 10.1. The van der Waals surface area contributed by atoms with Gasteiger partial charge in [0.1, 0.15) is 5.82 Å². The molecule has 1 amide bonds. The Hall–Kier alpha value is -3.94. The fourth-order valence-corrected chi connectivity index (χ4v) is 2.83. The largest absolute Gasteiger partial charge is 0.494 e. The van der Waals surface area contributed by atoms with Crippen LogP contribution in [0.5, 0.6) is 5.75 Å². The lowest BCUT2D eigenvalue weighted by Gasteiger charge is -2.05. The molecule has 29 heavy (non-hydrogen) atoms. The highest BCUT2D eigenvalue weighted by Gasteiger charge is 2.14. The summed E-state index contributed by atoms with van der Waals surface area (Å²) in [6, 6.07) is 10.3. The molecule has 0 radical (unpaired) electrons. The SMILES string of the molecule is COc1ccc(C=Cc2n[nH]c3cc(F)c(NC(=O)c4ccco4)cc23)cc1F. The van der Waals surface area contributed by atoms with E-state index in [9.17, 15) is 13.6 Å². The van der Waals surface area contributed by atoms with Crippen LogP contribution in [0, 0.1) is 11.6 Å². The van der Waals surface area contributed by atoms with Gasteiger partial charge in [-0.05, 0) is 42.0 Å². The lowest BCUT2D eigenvalue weighted by molar-refractivity contribution is 0.0996. The number of halogens is 2. The fraction of sp³-hybridized carbons (Fsp3) is 0.0476. The quantitative estimate of drug-likeness (QED) is 0.505. The number of H-pyrrole nitrogens is 1. The highest BCUT2D eigenvalue weighted by Crippen LogP contribution is 2.26. The minimum Gasteiger partial charge on any atom is -0.494 e. The molecule has 4 rings (SSSR count). The molecule has 6 nitrogen and oxygen atoms in total. The molecule has 0 aliphatic rings. The highest BCUT2D eigenvalue weighted by molar-refractivity contribution is 6.04. The summed E-state index contributed by atoms with van der Waals surface area (Å²) >= 11 is 0. The molecule has 4 aromatic rings. The highest BCUT2D eigenvalue weighted by atomic mass is 19.1. The second kappa shape index (κ2) is 7.59. The molecule has 0 unspecified atom stereocenters. The van der Waals surface area contributed by atoms with Crippen LogP contribution >= 0.6 is 0 Å². The van der Waals surface area contributed by atoms with Crippen molar-refractivity contribution >= 4 is 34.6 Å². The average Bonchev–Trinajstić information content (AvgIpc) is 3.37. The number of nitrogens with zero attached hydrogens (tertiary/aromatic N) is 1. The number of nitrogens with one attached hydrogen (secondary N) is 2. The molecule has 146 valence electrons. The van der Waals surface area contributed by atoms with E-state index in [-0.39, 0.29) is 17.2 Å². The van der Waals surface area contributed by atoms with Crippen molar-refractivity contribution < 1.29 is 22.7 Å². The van der Waals surface area contributed by atoms with Crippen LogP contribution in [-0.4, -0.2) is 23.2 Å². The van der Waals surface area contributed by atoms with Gasteiger partial charge in [-0.15, -0.1) is 0 Å². The van der Waals surface area contributed by atoms with Gasteiger partial charge in [-0.1, -0.05) is 12.1 Å². The molecular weight excluding hydrogens is 380 g/mol. The Morgan fingerprint density at radius 3 is 2.76 bits per heavy atom. The lowest BCUT2D eigenvalue weighted by Crippen LogP contribution is -2.12. The molecule has 0 spiro atoms. The molecule has 0 saturated carbocycles. The number of amides is 1. The fourth-order valence-electron chi connectivity index (χ4n) is 2.83. The number of carbonyl (C=O) groups excluding carboxylic acids is 1. The van der Waals surface area contributed by atoms with E-state index >= 15 is 0 Å². The summed E-state index contributed by atoms with van der Waals surface area (Å²) in [6.07, 6.45) is 4.69. The van der Waals surface area contributed by atoms with Crippen LogP contribution < -0.4 is 10.1 Å². The molecule has 0 aliphatic carbocycles. The van der Waals surface area contributed by atoms with E-state index in [1.165, 1.54) is 43.7 Å². The van der Waals surface area contributed by atoms with E-state index in [2.05, 4.69) is 15.5 Å². The van der Waals surface area contributed by atoms with Crippen LogP contribution in [0.4, 0.5) is 14.5 Å². The minimum atomic E-state index is -0.617. The van der Waals surface area contributed by atoms with Gasteiger partial charge in [0, 0.05) is 11.5 Å². The number of methoxy groups -OCH3 is 1. The van der Waals surface area contributed by atoms with E-state index in [0.29, 0.717) is 22.2 Å². The van der Waals surface area contributed by atoms with Gasteiger partial charge >= 0.3 is 0 Å². The first-order chi connectivity index (χ1) is 14.0. The Morgan fingerprint density at radius 1 is 1.17 bits per heavy atom. The number of benzene rings is 2. The standard InChI is InChI=1S/C21H15F2N3O3/c1-28-19-7-5-12(9-15(19)23)4-6-16-13-10-18(14(22)11-17(13)26-25-16)24-21(27)20-3-2-8-29-20/h2-11H,1H3,(H,24,27)(H,25,26). The predicted octanol–water partition coefficient (Wildman–Crippen LogP) is 4.87. The van der Waals surface area contributed by atoms with Crippen LogP contribution in [0.1, 0.15) is 21.8 Å². The Kier molecular flexibility index (Phi) is 4.82. The van der Waals surface area contributed by atoms with E-state index in [4.69, 9.17) is 9.15 Å². The number of anilines is 1. The zero-order valence-electron chi connectivity index (χ0n) is 15.2. The van der Waals surface area contributed by atoms with E-state index in [0.717, 1.165) is 0 Å². The molecule has 2 heterocycles. The summed E-state index contributed by atoms with van der Waals surface area (Å²) in [5.41, 5.74) is 1.56. The zero-order chi connectivity index (χ0) is 20.4. The predicted molar refractivity (Wildman–Crippen MR) is 105 cm³/mol. The molecule has 0 bridgehead atoms. The van der Waals surface area contributed by atoms with Gasteiger partial charge in [-0.3, -0.25) is 9.89 Å². The van der Waals surface area contributed by atoms with Gasteiger partial charge in [-0.2, -0.15) is 5.10 Å². The zero-order valence-corrected chi connectivity index (χ0v) is 15.2. The Bertz CT molecular complexity index is 1210. The Morgan fingerprint density at radius 2 is 2.03 bits per heavy atom. The number of fused-ring (bicyclic) bond motifs is 1. The topological polar surface area (TPSA) is 80.1 Å². The van der Waals surface area contributed by atoms with Crippen molar-refractivity contribution in [1.29, 1.82) is 0 Å². The minimum absolute atomic E-state index is 0.00885. The smallest absolute Gasteiger partial charge is 0.291 e. The normalized spacial score (nSPS) is 11.3. The second-order valence-corrected chi connectivity index (χ2v) is 6.15. The first kappa shape index (κ1) is 18.4. The molecule has 2 N–H and O–H groups in total. The number of ether oxygens (including phenoxy) is 1. The third kappa shape index (κ3) is 3.73.